The smallest absolute Gasteiger partial charge is 0.286 e. The third-order valence-corrected chi connectivity index (χ3v) is 7.15. The first-order valence-corrected chi connectivity index (χ1v) is 12.1. The summed E-state index contributed by atoms with van der Waals surface area (Å²) < 4.78 is 48.4. The molecule has 5 rings (SSSR count). The van der Waals surface area contributed by atoms with Crippen LogP contribution in [0.25, 0.3) is 11.1 Å². The number of benzene rings is 2. The van der Waals surface area contributed by atoms with Crippen LogP contribution in [-0.4, -0.2) is 54.1 Å². The summed E-state index contributed by atoms with van der Waals surface area (Å²) in [6.07, 6.45) is 1.29. The highest BCUT2D eigenvalue weighted by Crippen LogP contribution is 2.42. The number of anilines is 2. The molecule has 0 unspecified atom stereocenters. The molecule has 2 N–H and O–H groups in total. The minimum atomic E-state index is -3.15. The first kappa shape index (κ1) is 25.2. The van der Waals surface area contributed by atoms with Crippen molar-refractivity contribution in [2.75, 3.05) is 36.6 Å². The lowest BCUT2D eigenvalue weighted by molar-refractivity contribution is -0.0173. The number of aromatic nitrogens is 1. The Bertz CT molecular complexity index is 1340. The zero-order chi connectivity index (χ0) is 26.4. The van der Waals surface area contributed by atoms with Crippen molar-refractivity contribution in [1.29, 1.82) is 0 Å². The highest BCUT2D eigenvalue weighted by Gasteiger charge is 2.48. The fourth-order valence-corrected chi connectivity index (χ4v) is 5.09. The number of hydrogen-bond donors (Lipinski definition) is 2. The van der Waals surface area contributed by atoms with E-state index in [1.165, 1.54) is 12.3 Å². The van der Waals surface area contributed by atoms with E-state index in [1.807, 2.05) is 42.2 Å². The fourth-order valence-electron chi connectivity index (χ4n) is 5.09. The number of ether oxygens (including phenoxy) is 1. The van der Waals surface area contributed by atoms with Gasteiger partial charge in [-0.15, -0.1) is 0 Å². The summed E-state index contributed by atoms with van der Waals surface area (Å²) in [5.41, 5.74) is 2.82. The van der Waals surface area contributed by atoms with Gasteiger partial charge < -0.3 is 20.1 Å². The van der Waals surface area contributed by atoms with E-state index in [9.17, 15) is 18.7 Å². The van der Waals surface area contributed by atoms with Crippen molar-refractivity contribution < 1.29 is 27.8 Å². The molecule has 2 atom stereocenters. The molecule has 0 saturated carbocycles. The normalized spacial score (nSPS) is 21.2. The van der Waals surface area contributed by atoms with Crippen molar-refractivity contribution in [3.8, 4) is 11.1 Å². The number of rotatable bonds is 5. The Labute approximate surface area is 213 Å². The maximum Gasteiger partial charge on any atom is 0.286 e. The first-order chi connectivity index (χ1) is 17.6. The van der Waals surface area contributed by atoms with E-state index in [0.717, 1.165) is 40.9 Å². The number of pyridine rings is 1. The number of alkyl halides is 3. The summed E-state index contributed by atoms with van der Waals surface area (Å²) in [7, 11) is 0. The van der Waals surface area contributed by atoms with Crippen molar-refractivity contribution in [3.63, 3.8) is 0 Å². The second-order valence-electron chi connectivity index (χ2n) is 9.80. The van der Waals surface area contributed by atoms with Crippen molar-refractivity contribution in [2.45, 2.75) is 37.9 Å². The number of nitrogens with one attached hydrogen (secondary N) is 1. The Balaban J connectivity index is 1.45. The zero-order valence-corrected chi connectivity index (χ0v) is 20.6. The van der Waals surface area contributed by atoms with Gasteiger partial charge in [-0.3, -0.25) is 9.78 Å². The largest absolute Gasteiger partial charge is 0.393 e. The zero-order valence-electron chi connectivity index (χ0n) is 20.6. The van der Waals surface area contributed by atoms with E-state index in [0.29, 0.717) is 18.8 Å². The third kappa shape index (κ3) is 4.81. The molecule has 0 spiro atoms. The van der Waals surface area contributed by atoms with E-state index in [4.69, 9.17) is 4.74 Å². The summed E-state index contributed by atoms with van der Waals surface area (Å²) >= 11 is 0. The Hall–Kier alpha value is -3.43. The van der Waals surface area contributed by atoms with E-state index in [1.54, 1.807) is 6.07 Å². The summed E-state index contributed by atoms with van der Waals surface area (Å²) in [5, 5.41) is 12.6. The molecule has 0 radical (unpaired) electrons. The van der Waals surface area contributed by atoms with Crippen LogP contribution in [-0.2, 0) is 17.1 Å². The lowest BCUT2D eigenvalue weighted by Gasteiger charge is -2.48. The van der Waals surface area contributed by atoms with Gasteiger partial charge in [-0.1, -0.05) is 18.2 Å². The Morgan fingerprint density at radius 3 is 2.81 bits per heavy atom. The minimum absolute atomic E-state index is 0.0828. The van der Waals surface area contributed by atoms with Gasteiger partial charge in [0.1, 0.15) is 5.69 Å². The van der Waals surface area contributed by atoms with Crippen molar-refractivity contribution in [2.24, 2.45) is 0 Å². The molecule has 6 nitrogen and oxygen atoms in total. The average molecular weight is 512 g/mol. The molecule has 3 aromatic rings. The van der Waals surface area contributed by atoms with Gasteiger partial charge in [-0.05, 0) is 59.5 Å². The van der Waals surface area contributed by atoms with Crippen molar-refractivity contribution in [1.82, 2.24) is 4.98 Å². The monoisotopic (exact) mass is 511 g/mol. The lowest BCUT2D eigenvalue weighted by Crippen LogP contribution is -2.62. The molecule has 1 saturated heterocycles. The van der Waals surface area contributed by atoms with Gasteiger partial charge in [0, 0.05) is 43.0 Å². The van der Waals surface area contributed by atoms with Crippen LogP contribution in [0, 0.1) is 6.92 Å². The summed E-state index contributed by atoms with van der Waals surface area (Å²) in [6.45, 7) is 3.32. The topological polar surface area (TPSA) is 74.7 Å². The molecule has 2 aromatic carbocycles. The number of aryl methyl sites for hydroxylation is 1. The van der Waals surface area contributed by atoms with Crippen LogP contribution < -0.4 is 10.2 Å². The van der Waals surface area contributed by atoms with Crippen LogP contribution in [0.4, 0.5) is 24.5 Å². The number of hydrogen-bond acceptors (Lipinski definition) is 5. The molecule has 9 heteroatoms. The predicted molar refractivity (Wildman–Crippen MR) is 135 cm³/mol. The number of aliphatic hydroxyl groups is 1. The Morgan fingerprint density at radius 2 is 2.05 bits per heavy atom. The van der Waals surface area contributed by atoms with Gasteiger partial charge in [0.25, 0.3) is 11.8 Å². The predicted octanol–water partition coefficient (Wildman–Crippen LogP) is 4.88. The minimum Gasteiger partial charge on any atom is -0.393 e. The lowest BCUT2D eigenvalue weighted by atomic mass is 9.82. The first-order valence-electron chi connectivity index (χ1n) is 12.1. The summed E-state index contributed by atoms with van der Waals surface area (Å²) in [4.78, 5) is 18.5. The van der Waals surface area contributed by atoms with Gasteiger partial charge in [0.15, 0.2) is 5.67 Å². The van der Waals surface area contributed by atoms with Gasteiger partial charge in [0.2, 0.25) is 0 Å². The van der Waals surface area contributed by atoms with Crippen LogP contribution in [0.5, 0.6) is 0 Å². The van der Waals surface area contributed by atoms with Crippen LogP contribution in [0.15, 0.2) is 54.7 Å². The van der Waals surface area contributed by atoms with E-state index < -0.39 is 35.8 Å². The van der Waals surface area contributed by atoms with Crippen LogP contribution >= 0.6 is 0 Å². The number of fused-ring (bicyclic) bond motifs is 3. The highest BCUT2D eigenvalue weighted by molar-refractivity contribution is 6.04. The molecule has 2 aliphatic heterocycles. The van der Waals surface area contributed by atoms with Gasteiger partial charge in [0.05, 0.1) is 25.9 Å². The van der Waals surface area contributed by atoms with Crippen molar-refractivity contribution in [3.05, 3.63) is 77.1 Å². The third-order valence-electron chi connectivity index (χ3n) is 7.15. The molecule has 1 amide bonds. The van der Waals surface area contributed by atoms with Gasteiger partial charge >= 0.3 is 0 Å². The van der Waals surface area contributed by atoms with Crippen LogP contribution in [0.2, 0.25) is 0 Å². The molecule has 0 aliphatic carbocycles. The number of amides is 1. The standard InChI is InChI=1S/C28H28F3N3O3/c1-17-3-6-21(33-26(36)19-7-8-32-24(12-19)27(2,29)30)13-22(17)18-4-5-20-14-28(31,16-35)25-15-37-10-9-34(25)23(20)11-18/h3-8,11-13,25,35H,9-10,14-16H2,1-2H3,(H,33,36)/t25-,28-/m1/s1. The molecule has 194 valence electrons. The maximum atomic E-state index is 15.6. The van der Waals surface area contributed by atoms with E-state index in [2.05, 4.69) is 10.3 Å². The molecule has 2 aliphatic rings. The van der Waals surface area contributed by atoms with Crippen LogP contribution in [0.3, 0.4) is 0 Å². The summed E-state index contributed by atoms with van der Waals surface area (Å²) in [5.74, 6) is -3.68. The molecule has 1 aromatic heterocycles. The number of morpholine rings is 1. The number of aliphatic hydroxyl groups excluding tert-OH is 1. The molecule has 1 fully saturated rings. The summed E-state index contributed by atoms with van der Waals surface area (Å²) in [6, 6.07) is 13.2. The van der Waals surface area contributed by atoms with Crippen molar-refractivity contribution >= 4 is 17.3 Å². The quantitative estimate of drug-likeness (QED) is 0.511. The second-order valence-corrected chi connectivity index (χ2v) is 9.80. The number of carbonyl (C=O) groups excluding carboxylic acids is 1. The fraction of sp³-hybridized carbons (Fsp3) is 0.357. The number of nitrogens with zero attached hydrogens (tertiary/aromatic N) is 2. The van der Waals surface area contributed by atoms with E-state index in [-0.39, 0.29) is 18.6 Å². The Kier molecular flexibility index (Phi) is 6.45. The van der Waals surface area contributed by atoms with Gasteiger partial charge in [-0.25, -0.2) is 4.39 Å². The maximum absolute atomic E-state index is 15.6. The van der Waals surface area contributed by atoms with Gasteiger partial charge in [-0.2, -0.15) is 8.78 Å². The number of halogens is 3. The average Bonchev–Trinajstić information content (AvgIpc) is 2.89. The number of carbonyl (C=O) groups is 1. The molecular weight excluding hydrogens is 483 g/mol. The SMILES string of the molecule is Cc1ccc(NC(=O)c2ccnc(C(C)(F)F)c2)cc1-c1ccc2c(c1)N1CCOC[C@@H]1[C@](F)(CO)C2. The molecule has 0 bridgehead atoms. The van der Waals surface area contributed by atoms with E-state index >= 15 is 4.39 Å². The molecule has 3 heterocycles. The molecule has 37 heavy (non-hydrogen) atoms. The molecular formula is C28H28F3N3O3. The Morgan fingerprint density at radius 1 is 1.24 bits per heavy atom. The second kappa shape index (κ2) is 9.46. The van der Waals surface area contributed by atoms with Crippen LogP contribution in [0.1, 0.15) is 34.1 Å². The highest BCUT2D eigenvalue weighted by atomic mass is 19.3.